The second-order valence-corrected chi connectivity index (χ2v) is 6.55. The quantitative estimate of drug-likeness (QED) is 0.756. The van der Waals surface area contributed by atoms with Gasteiger partial charge in [-0.25, -0.2) is 13.6 Å². The number of halogens is 2. The van der Waals surface area contributed by atoms with Crippen molar-refractivity contribution in [1.82, 2.24) is 10.6 Å². The number of carbonyl (C=O) groups excluding carboxylic acids is 1. The third kappa shape index (κ3) is 4.16. The van der Waals surface area contributed by atoms with Crippen LogP contribution < -0.4 is 10.6 Å². The number of aliphatic hydroxyl groups is 1. The fourth-order valence-electron chi connectivity index (χ4n) is 2.47. The van der Waals surface area contributed by atoms with Gasteiger partial charge in [0.05, 0.1) is 0 Å². The average molecular weight is 312 g/mol. The number of benzene rings is 1. The van der Waals surface area contributed by atoms with E-state index in [2.05, 4.69) is 10.6 Å². The van der Waals surface area contributed by atoms with E-state index in [4.69, 9.17) is 5.11 Å². The molecule has 1 aromatic rings. The zero-order valence-electron chi connectivity index (χ0n) is 12.8. The fraction of sp³-hybridized carbons (Fsp3) is 0.562. The first-order valence-electron chi connectivity index (χ1n) is 7.43. The van der Waals surface area contributed by atoms with Crippen molar-refractivity contribution in [2.75, 3.05) is 13.2 Å². The van der Waals surface area contributed by atoms with Crippen molar-refractivity contribution in [1.29, 1.82) is 0 Å². The summed E-state index contributed by atoms with van der Waals surface area (Å²) in [4.78, 5) is 11.8. The summed E-state index contributed by atoms with van der Waals surface area (Å²) in [6.45, 7) is 4.37. The first-order valence-corrected chi connectivity index (χ1v) is 7.43. The Morgan fingerprint density at radius 2 is 2.00 bits per heavy atom. The largest absolute Gasteiger partial charge is 0.396 e. The van der Waals surface area contributed by atoms with Gasteiger partial charge in [0.1, 0.15) is 11.6 Å². The maximum Gasteiger partial charge on any atom is 0.315 e. The Morgan fingerprint density at radius 1 is 1.36 bits per heavy atom. The summed E-state index contributed by atoms with van der Waals surface area (Å²) in [6, 6.07) is 3.19. The molecule has 0 aliphatic heterocycles. The van der Waals surface area contributed by atoms with Crippen LogP contribution in [0.25, 0.3) is 0 Å². The first kappa shape index (κ1) is 16.7. The van der Waals surface area contributed by atoms with Crippen molar-refractivity contribution in [3.63, 3.8) is 0 Å². The van der Waals surface area contributed by atoms with E-state index < -0.39 is 11.6 Å². The molecule has 2 amide bonds. The van der Waals surface area contributed by atoms with E-state index in [1.165, 1.54) is 18.2 Å². The molecule has 1 aromatic carbocycles. The maximum atomic E-state index is 13.6. The summed E-state index contributed by atoms with van der Waals surface area (Å²) in [5.41, 5.74) is -0.152. The third-order valence-corrected chi connectivity index (χ3v) is 3.99. The molecule has 0 bridgehead atoms. The average Bonchev–Trinajstić information content (AvgIpc) is 3.15. The molecule has 0 heterocycles. The number of amides is 2. The number of hydrogen-bond acceptors (Lipinski definition) is 2. The molecule has 1 fully saturated rings. The van der Waals surface area contributed by atoms with Gasteiger partial charge in [0.25, 0.3) is 0 Å². The molecule has 4 nitrogen and oxygen atoms in total. The number of urea groups is 1. The highest BCUT2D eigenvalue weighted by Gasteiger charge is 2.42. The van der Waals surface area contributed by atoms with E-state index >= 15 is 0 Å². The highest BCUT2D eigenvalue weighted by molar-refractivity contribution is 5.75. The smallest absolute Gasteiger partial charge is 0.315 e. The van der Waals surface area contributed by atoms with Gasteiger partial charge in [0.15, 0.2) is 0 Å². The number of carbonyl (C=O) groups is 1. The van der Waals surface area contributed by atoms with Gasteiger partial charge < -0.3 is 15.7 Å². The SMILES string of the molecule is CC(C)(CCO)CNC(=O)NC1CC1c1c(F)cccc1F. The lowest BCUT2D eigenvalue weighted by Gasteiger charge is -2.23. The van der Waals surface area contributed by atoms with E-state index in [-0.39, 0.29) is 35.6 Å². The van der Waals surface area contributed by atoms with Crippen LogP contribution in [0.3, 0.4) is 0 Å². The van der Waals surface area contributed by atoms with Gasteiger partial charge in [-0.1, -0.05) is 19.9 Å². The predicted molar refractivity (Wildman–Crippen MR) is 79.5 cm³/mol. The number of rotatable bonds is 6. The van der Waals surface area contributed by atoms with Gasteiger partial charge >= 0.3 is 6.03 Å². The van der Waals surface area contributed by atoms with Gasteiger partial charge in [-0.05, 0) is 30.4 Å². The van der Waals surface area contributed by atoms with Crippen molar-refractivity contribution in [2.45, 2.75) is 38.6 Å². The zero-order chi connectivity index (χ0) is 16.3. The molecule has 0 aromatic heterocycles. The Kier molecular flexibility index (Phi) is 5.01. The minimum Gasteiger partial charge on any atom is -0.396 e. The topological polar surface area (TPSA) is 61.4 Å². The molecule has 0 saturated heterocycles. The standard InChI is InChI=1S/C16H22F2N2O2/c1-16(2,6-7-21)9-19-15(22)20-13-8-10(13)14-11(17)4-3-5-12(14)18/h3-5,10,13,21H,6-9H2,1-2H3,(H2,19,20,22). The zero-order valence-corrected chi connectivity index (χ0v) is 12.8. The minimum atomic E-state index is -0.571. The van der Waals surface area contributed by atoms with E-state index in [9.17, 15) is 13.6 Å². The summed E-state index contributed by atoms with van der Waals surface area (Å²) >= 11 is 0. The van der Waals surface area contributed by atoms with E-state index in [1.807, 2.05) is 13.8 Å². The highest BCUT2D eigenvalue weighted by Crippen LogP contribution is 2.43. The van der Waals surface area contributed by atoms with Crippen molar-refractivity contribution >= 4 is 6.03 Å². The molecule has 3 N–H and O–H groups in total. The fourth-order valence-corrected chi connectivity index (χ4v) is 2.47. The Hall–Kier alpha value is -1.69. The van der Waals surface area contributed by atoms with Gasteiger partial charge in [0, 0.05) is 30.7 Å². The number of aliphatic hydroxyl groups excluding tert-OH is 1. The summed E-state index contributed by atoms with van der Waals surface area (Å²) in [6.07, 6.45) is 1.12. The lowest BCUT2D eigenvalue weighted by Crippen LogP contribution is -2.42. The summed E-state index contributed by atoms with van der Waals surface area (Å²) < 4.78 is 27.3. The Morgan fingerprint density at radius 3 is 2.59 bits per heavy atom. The first-order chi connectivity index (χ1) is 10.3. The summed E-state index contributed by atoms with van der Waals surface area (Å²) in [7, 11) is 0. The molecule has 2 rings (SSSR count). The van der Waals surface area contributed by atoms with Crippen molar-refractivity contribution in [2.24, 2.45) is 5.41 Å². The van der Waals surface area contributed by atoms with Gasteiger partial charge in [-0.3, -0.25) is 0 Å². The molecule has 2 unspecified atom stereocenters. The predicted octanol–water partition coefficient (Wildman–Crippen LogP) is 2.53. The molecule has 2 atom stereocenters. The molecule has 1 aliphatic rings. The van der Waals surface area contributed by atoms with Crippen molar-refractivity contribution in [3.05, 3.63) is 35.4 Å². The van der Waals surface area contributed by atoms with Crippen LogP contribution in [0.5, 0.6) is 0 Å². The molecule has 122 valence electrons. The van der Waals surface area contributed by atoms with Crippen LogP contribution in [-0.2, 0) is 0 Å². The van der Waals surface area contributed by atoms with E-state index in [0.717, 1.165) is 0 Å². The van der Waals surface area contributed by atoms with Crippen LogP contribution in [0.15, 0.2) is 18.2 Å². The highest BCUT2D eigenvalue weighted by atomic mass is 19.1. The van der Waals surface area contributed by atoms with Crippen LogP contribution in [0.2, 0.25) is 0 Å². The molecule has 6 heteroatoms. The second-order valence-electron chi connectivity index (χ2n) is 6.55. The summed E-state index contributed by atoms with van der Waals surface area (Å²) in [5.74, 6) is -1.45. The molecule has 0 radical (unpaired) electrons. The maximum absolute atomic E-state index is 13.6. The molecule has 22 heavy (non-hydrogen) atoms. The van der Waals surface area contributed by atoms with Crippen LogP contribution in [-0.4, -0.2) is 30.3 Å². The lowest BCUT2D eigenvalue weighted by molar-refractivity contribution is 0.201. The minimum absolute atomic E-state index is 0.0495. The number of nitrogens with one attached hydrogen (secondary N) is 2. The normalized spacial score (nSPS) is 20.6. The monoisotopic (exact) mass is 312 g/mol. The number of hydrogen-bond donors (Lipinski definition) is 3. The lowest BCUT2D eigenvalue weighted by atomic mass is 9.90. The Balaban J connectivity index is 1.83. The Bertz CT molecular complexity index is 529. The molecule has 1 saturated carbocycles. The van der Waals surface area contributed by atoms with Crippen molar-refractivity contribution < 1.29 is 18.7 Å². The Labute approximate surface area is 128 Å². The van der Waals surface area contributed by atoms with Crippen molar-refractivity contribution in [3.8, 4) is 0 Å². The molecular formula is C16H22F2N2O2. The molecule has 0 spiro atoms. The summed E-state index contributed by atoms with van der Waals surface area (Å²) in [5, 5.41) is 14.4. The van der Waals surface area contributed by atoms with Crippen LogP contribution >= 0.6 is 0 Å². The molecular weight excluding hydrogens is 290 g/mol. The third-order valence-electron chi connectivity index (χ3n) is 3.99. The van der Waals surface area contributed by atoms with E-state index in [0.29, 0.717) is 19.4 Å². The van der Waals surface area contributed by atoms with Crippen LogP contribution in [0, 0.1) is 17.0 Å². The van der Waals surface area contributed by atoms with Crippen LogP contribution in [0.4, 0.5) is 13.6 Å². The van der Waals surface area contributed by atoms with Gasteiger partial charge in [-0.2, -0.15) is 0 Å². The van der Waals surface area contributed by atoms with Gasteiger partial charge in [0.2, 0.25) is 0 Å². The van der Waals surface area contributed by atoms with Gasteiger partial charge in [-0.15, -0.1) is 0 Å². The van der Waals surface area contributed by atoms with Crippen LogP contribution in [0.1, 0.15) is 38.2 Å². The second kappa shape index (κ2) is 6.60. The van der Waals surface area contributed by atoms with E-state index in [1.54, 1.807) is 0 Å². The molecule has 1 aliphatic carbocycles.